The van der Waals surface area contributed by atoms with Gasteiger partial charge in [-0.15, -0.1) is 0 Å². The Bertz CT molecular complexity index is 1080. The molecule has 1 aliphatic rings. The highest BCUT2D eigenvalue weighted by Crippen LogP contribution is 2.35. The third-order valence-electron chi connectivity index (χ3n) is 4.41. The van der Waals surface area contributed by atoms with Crippen LogP contribution in [0.3, 0.4) is 0 Å². The number of hydrogen-bond acceptors (Lipinski definition) is 3. The lowest BCUT2D eigenvalue weighted by Crippen LogP contribution is -1.98. The van der Waals surface area contributed by atoms with Gasteiger partial charge in [0.15, 0.2) is 5.76 Å². The van der Waals surface area contributed by atoms with Gasteiger partial charge >= 0.3 is 0 Å². The predicted octanol–water partition coefficient (Wildman–Crippen LogP) is 6.18. The van der Waals surface area contributed by atoms with Crippen LogP contribution in [-0.4, -0.2) is 5.78 Å². The number of benzene rings is 3. The first kappa shape index (κ1) is 18.1. The van der Waals surface area contributed by atoms with E-state index in [1.54, 1.807) is 42.5 Å². The molecule has 0 bridgehead atoms. The number of carbonyl (C=O) groups is 1. The van der Waals surface area contributed by atoms with E-state index in [2.05, 4.69) is 6.58 Å². The van der Waals surface area contributed by atoms with Gasteiger partial charge in [-0.2, -0.15) is 0 Å². The molecular formula is C24H17ClO3. The molecule has 0 radical (unpaired) electrons. The minimum atomic E-state index is -0.151. The molecule has 1 heterocycles. The van der Waals surface area contributed by atoms with Gasteiger partial charge in [0.2, 0.25) is 5.78 Å². The van der Waals surface area contributed by atoms with Crippen molar-refractivity contribution in [3.63, 3.8) is 0 Å². The zero-order chi connectivity index (χ0) is 19.5. The maximum atomic E-state index is 12.6. The van der Waals surface area contributed by atoms with Crippen molar-refractivity contribution in [3.8, 4) is 11.5 Å². The molecule has 3 aromatic rings. The van der Waals surface area contributed by atoms with Crippen molar-refractivity contribution in [1.82, 2.24) is 0 Å². The summed E-state index contributed by atoms with van der Waals surface area (Å²) >= 11 is 6.00. The van der Waals surface area contributed by atoms with Crippen LogP contribution in [0.4, 0.5) is 0 Å². The minimum Gasteiger partial charge on any atom is -0.489 e. The lowest BCUT2D eigenvalue weighted by molar-refractivity contribution is 0.101. The molecule has 0 aliphatic carbocycles. The van der Waals surface area contributed by atoms with Crippen LogP contribution >= 0.6 is 11.6 Å². The Kier molecular flexibility index (Phi) is 5.00. The molecule has 0 N–H and O–H groups in total. The molecule has 0 fully saturated rings. The summed E-state index contributed by atoms with van der Waals surface area (Å²) in [6.07, 6.45) is 3.49. The number of hydrogen-bond donors (Lipinski definition) is 0. The van der Waals surface area contributed by atoms with Crippen LogP contribution in [0.15, 0.2) is 79.1 Å². The van der Waals surface area contributed by atoms with Crippen LogP contribution in [0, 0.1) is 0 Å². The van der Waals surface area contributed by atoms with E-state index in [9.17, 15) is 4.79 Å². The van der Waals surface area contributed by atoms with Crippen molar-refractivity contribution in [2.24, 2.45) is 0 Å². The second kappa shape index (κ2) is 7.75. The Morgan fingerprint density at radius 2 is 1.82 bits per heavy atom. The van der Waals surface area contributed by atoms with E-state index in [4.69, 9.17) is 21.1 Å². The van der Waals surface area contributed by atoms with E-state index >= 15 is 0 Å². The standard InChI is InChI=1S/C24H17ClO3/c1-2-16-6-8-17(9-7-16)15-27-20-10-11-21-22(14-20)28-23(24(21)26)13-18-4-3-5-19(25)12-18/h2-14H,1,15H2. The zero-order valence-electron chi connectivity index (χ0n) is 15.0. The number of fused-ring (bicyclic) bond motifs is 1. The highest BCUT2D eigenvalue weighted by atomic mass is 35.5. The molecule has 4 rings (SSSR count). The number of ketones is 1. The molecule has 3 nitrogen and oxygen atoms in total. The van der Waals surface area contributed by atoms with Gasteiger partial charge in [0.25, 0.3) is 0 Å². The van der Waals surface area contributed by atoms with Crippen molar-refractivity contribution in [3.05, 3.63) is 106 Å². The van der Waals surface area contributed by atoms with Gasteiger partial charge in [0.05, 0.1) is 5.56 Å². The average molecular weight is 389 g/mol. The zero-order valence-corrected chi connectivity index (χ0v) is 15.8. The SMILES string of the molecule is C=Cc1ccc(COc2ccc3c(c2)OC(=Cc2cccc(Cl)c2)C3=O)cc1. The number of allylic oxidation sites excluding steroid dienone is 1. The molecule has 0 atom stereocenters. The lowest BCUT2D eigenvalue weighted by Gasteiger charge is -2.07. The van der Waals surface area contributed by atoms with E-state index in [1.807, 2.05) is 36.4 Å². The molecule has 4 heteroatoms. The first-order valence-corrected chi connectivity index (χ1v) is 9.18. The van der Waals surface area contributed by atoms with Crippen LogP contribution in [0.2, 0.25) is 5.02 Å². The topological polar surface area (TPSA) is 35.5 Å². The summed E-state index contributed by atoms with van der Waals surface area (Å²) in [5.41, 5.74) is 3.44. The highest BCUT2D eigenvalue weighted by molar-refractivity contribution is 6.30. The van der Waals surface area contributed by atoms with Crippen LogP contribution in [-0.2, 0) is 6.61 Å². The van der Waals surface area contributed by atoms with Crippen LogP contribution in [0.5, 0.6) is 11.5 Å². The number of Topliss-reactive ketones (excluding diaryl/α,β-unsaturated/α-hetero) is 1. The van der Waals surface area contributed by atoms with Gasteiger partial charge in [-0.1, -0.05) is 60.7 Å². The third kappa shape index (κ3) is 3.85. The first-order valence-electron chi connectivity index (χ1n) is 8.80. The van der Waals surface area contributed by atoms with Gasteiger partial charge < -0.3 is 9.47 Å². The Hall–Kier alpha value is -3.30. The van der Waals surface area contributed by atoms with Crippen LogP contribution in [0.1, 0.15) is 27.0 Å². The molecule has 1 aliphatic heterocycles. The summed E-state index contributed by atoms with van der Waals surface area (Å²) in [7, 11) is 0. The maximum Gasteiger partial charge on any atom is 0.231 e. The highest BCUT2D eigenvalue weighted by Gasteiger charge is 2.27. The van der Waals surface area contributed by atoms with E-state index in [-0.39, 0.29) is 11.5 Å². The normalized spacial score (nSPS) is 13.9. The largest absolute Gasteiger partial charge is 0.489 e. The summed E-state index contributed by atoms with van der Waals surface area (Å²) < 4.78 is 11.6. The fraction of sp³-hybridized carbons (Fsp3) is 0.0417. The van der Waals surface area contributed by atoms with Crippen molar-refractivity contribution in [2.45, 2.75) is 6.61 Å². The van der Waals surface area contributed by atoms with Gasteiger partial charge in [0, 0.05) is 11.1 Å². The fourth-order valence-corrected chi connectivity index (χ4v) is 3.12. The number of rotatable bonds is 5. The molecule has 0 saturated heterocycles. The van der Waals surface area contributed by atoms with E-state index < -0.39 is 0 Å². The molecule has 0 saturated carbocycles. The monoisotopic (exact) mass is 388 g/mol. The van der Waals surface area contributed by atoms with E-state index in [0.717, 1.165) is 16.7 Å². The molecule has 0 spiro atoms. The van der Waals surface area contributed by atoms with E-state index in [1.165, 1.54) is 0 Å². The van der Waals surface area contributed by atoms with Crippen molar-refractivity contribution in [2.75, 3.05) is 0 Å². The Labute approximate surface area is 168 Å². The van der Waals surface area contributed by atoms with Gasteiger partial charge in [0.1, 0.15) is 18.1 Å². The van der Waals surface area contributed by atoms with Crippen molar-refractivity contribution >= 4 is 29.5 Å². The number of halogens is 1. The van der Waals surface area contributed by atoms with E-state index in [0.29, 0.717) is 28.7 Å². The quantitative estimate of drug-likeness (QED) is 0.490. The predicted molar refractivity (Wildman–Crippen MR) is 112 cm³/mol. The minimum absolute atomic E-state index is 0.151. The Morgan fingerprint density at radius 3 is 2.57 bits per heavy atom. The number of carbonyl (C=O) groups excluding carboxylic acids is 1. The second-order valence-electron chi connectivity index (χ2n) is 6.39. The average Bonchev–Trinajstić information content (AvgIpc) is 3.01. The molecule has 138 valence electrons. The van der Waals surface area contributed by atoms with Gasteiger partial charge in [-0.25, -0.2) is 0 Å². The molecule has 0 unspecified atom stereocenters. The van der Waals surface area contributed by atoms with Crippen LogP contribution in [0.25, 0.3) is 12.2 Å². The summed E-state index contributed by atoms with van der Waals surface area (Å²) in [5.74, 6) is 1.26. The van der Waals surface area contributed by atoms with Gasteiger partial charge in [-0.05, 0) is 47.0 Å². The summed E-state index contributed by atoms with van der Waals surface area (Å²) in [6, 6.07) is 20.5. The fourth-order valence-electron chi connectivity index (χ4n) is 2.92. The van der Waals surface area contributed by atoms with Crippen LogP contribution < -0.4 is 9.47 Å². The summed E-state index contributed by atoms with van der Waals surface area (Å²) in [5, 5.41) is 0.606. The molecule has 0 amide bonds. The Balaban J connectivity index is 1.49. The van der Waals surface area contributed by atoms with Crippen molar-refractivity contribution < 1.29 is 14.3 Å². The maximum absolute atomic E-state index is 12.6. The van der Waals surface area contributed by atoms with Crippen molar-refractivity contribution in [1.29, 1.82) is 0 Å². The van der Waals surface area contributed by atoms with Gasteiger partial charge in [-0.3, -0.25) is 4.79 Å². The Morgan fingerprint density at radius 1 is 1.00 bits per heavy atom. The summed E-state index contributed by atoms with van der Waals surface area (Å²) in [4.78, 5) is 12.6. The number of ether oxygens (including phenoxy) is 2. The molecule has 0 aromatic heterocycles. The molecular weight excluding hydrogens is 372 g/mol. The smallest absolute Gasteiger partial charge is 0.231 e. The molecule has 28 heavy (non-hydrogen) atoms. The molecule has 3 aromatic carbocycles. The first-order chi connectivity index (χ1) is 13.6. The lowest BCUT2D eigenvalue weighted by atomic mass is 10.1. The summed E-state index contributed by atoms with van der Waals surface area (Å²) in [6.45, 7) is 4.17. The second-order valence-corrected chi connectivity index (χ2v) is 6.82. The third-order valence-corrected chi connectivity index (χ3v) is 4.64.